The molecule has 0 radical (unpaired) electrons. The van der Waals surface area contributed by atoms with Crippen molar-refractivity contribution >= 4 is 39.7 Å². The summed E-state index contributed by atoms with van der Waals surface area (Å²) in [5.41, 5.74) is 10.1. The van der Waals surface area contributed by atoms with Crippen LogP contribution in [0.5, 0.6) is 0 Å². The summed E-state index contributed by atoms with van der Waals surface area (Å²) in [7, 11) is 0. The third-order valence-electron chi connectivity index (χ3n) is 14.4. The van der Waals surface area contributed by atoms with Crippen LogP contribution >= 0.6 is 11.8 Å². The molecular weight excluding hydrogens is 737 g/mol. The van der Waals surface area contributed by atoms with Crippen LogP contribution in [0.15, 0.2) is 123 Å². The van der Waals surface area contributed by atoms with Crippen LogP contribution in [0.3, 0.4) is 0 Å². The lowest BCUT2D eigenvalue weighted by Crippen LogP contribution is -2.40. The number of nitrogens with zero attached hydrogens (tertiary/aromatic N) is 2. The molecule has 2 fully saturated rings. The van der Waals surface area contributed by atoms with Crippen molar-refractivity contribution in [1.29, 1.82) is 0 Å². The minimum Gasteiger partial charge on any atom is -0.423 e. The number of hydrogen-bond donors (Lipinski definition) is 0. The molecule has 0 spiro atoms. The Bertz CT molecular complexity index is 3310. The molecule has 2 aliphatic carbocycles. The Kier molecular flexibility index (Phi) is 6.80. The summed E-state index contributed by atoms with van der Waals surface area (Å²) >= 11 is 1.72. The molecule has 0 bridgehead atoms. The van der Waals surface area contributed by atoms with E-state index >= 15 is 0 Å². The molecule has 11 rings (SSSR count). The van der Waals surface area contributed by atoms with Crippen molar-refractivity contribution in [2.24, 2.45) is 0 Å². The normalized spacial score (nSPS) is 21.4. The average Bonchev–Trinajstić information content (AvgIpc) is 4.09. The molecule has 59 heavy (non-hydrogen) atoms. The Morgan fingerprint density at radius 1 is 0.644 bits per heavy atom. The number of para-hydroxylation sites is 2. The molecule has 0 unspecified atom stereocenters. The Morgan fingerprint density at radius 3 is 1.93 bits per heavy atom. The second-order valence-electron chi connectivity index (χ2n) is 18.0. The third kappa shape index (κ3) is 5.65. The second kappa shape index (κ2) is 13.7. The van der Waals surface area contributed by atoms with Gasteiger partial charge in [-0.15, -0.1) is 0 Å². The third-order valence-corrected chi connectivity index (χ3v) is 15.6. The molecule has 296 valence electrons. The maximum atomic E-state index is 10.0. The zero-order chi connectivity index (χ0) is 47.1. The van der Waals surface area contributed by atoms with Gasteiger partial charge in [-0.2, -0.15) is 4.98 Å². The largest absolute Gasteiger partial charge is 0.423 e. The van der Waals surface area contributed by atoms with E-state index in [1.807, 2.05) is 59.0 Å². The number of aromatic nitrogens is 2. The molecule has 4 heteroatoms. The van der Waals surface area contributed by atoms with Gasteiger partial charge in [0.05, 0.1) is 11.0 Å². The summed E-state index contributed by atoms with van der Waals surface area (Å²) < 4.78 is 81.8. The van der Waals surface area contributed by atoms with E-state index in [-0.39, 0.29) is 27.5 Å². The SMILES string of the molecule is [2H]C([2H])([2H])c1ccc(-c2c(C3([2H])CCCC3)ccc3c2Sc2ccccc2C(C)(C)C3(C)C)cc1-c1cc(-c2c(C3([2H])CCCC3)ccc3c2nc2oc4ccccc4n23)ccc1C([2H])([2H])[2H]. The van der Waals surface area contributed by atoms with Gasteiger partial charge in [-0.3, -0.25) is 4.40 Å². The second-order valence-corrected chi connectivity index (χ2v) is 19.1. The van der Waals surface area contributed by atoms with E-state index in [2.05, 4.69) is 64.1 Å². The molecule has 6 aromatic carbocycles. The van der Waals surface area contributed by atoms with Crippen molar-refractivity contribution in [2.45, 2.75) is 125 Å². The Hall–Kier alpha value is -5.06. The number of aryl methyl sites for hydroxylation is 2. The van der Waals surface area contributed by atoms with Crippen LogP contribution in [0.1, 0.15) is 135 Å². The van der Waals surface area contributed by atoms with Crippen molar-refractivity contribution in [3.05, 3.63) is 143 Å². The van der Waals surface area contributed by atoms with Crippen molar-refractivity contribution in [2.75, 3.05) is 0 Å². The van der Waals surface area contributed by atoms with Crippen LogP contribution in [-0.2, 0) is 10.8 Å². The van der Waals surface area contributed by atoms with Crippen LogP contribution in [0.4, 0.5) is 0 Å². The zero-order valence-electron chi connectivity index (χ0n) is 42.3. The number of fused-ring (bicyclic) bond motifs is 7. The zero-order valence-corrected chi connectivity index (χ0v) is 35.1. The lowest BCUT2D eigenvalue weighted by atomic mass is 9.60. The molecule has 3 nitrogen and oxygen atoms in total. The summed E-state index contributed by atoms with van der Waals surface area (Å²) in [6, 6.07) is 35.4. The van der Waals surface area contributed by atoms with Crippen LogP contribution in [0.25, 0.3) is 61.4 Å². The summed E-state index contributed by atoms with van der Waals surface area (Å²) in [6.45, 7) is 3.97. The number of hydrogen-bond acceptors (Lipinski definition) is 3. The summed E-state index contributed by atoms with van der Waals surface area (Å²) in [5, 5.41) is 0. The fourth-order valence-electron chi connectivity index (χ4n) is 10.4. The molecule has 0 saturated heterocycles. The lowest BCUT2D eigenvalue weighted by molar-refractivity contribution is 0.296. The Labute approximate surface area is 364 Å². The van der Waals surface area contributed by atoms with E-state index in [9.17, 15) is 2.74 Å². The fourth-order valence-corrected chi connectivity index (χ4v) is 12.0. The topological polar surface area (TPSA) is 30.4 Å². The highest BCUT2D eigenvalue weighted by Gasteiger charge is 2.45. The first-order valence-corrected chi connectivity index (χ1v) is 22.1. The summed E-state index contributed by atoms with van der Waals surface area (Å²) in [5.74, 6) is -1.36. The quantitative estimate of drug-likeness (QED) is 0.174. The minimum absolute atomic E-state index is 0.0322. The summed E-state index contributed by atoms with van der Waals surface area (Å²) in [4.78, 5) is 7.29. The Morgan fingerprint density at radius 2 is 1.24 bits per heavy atom. The van der Waals surface area contributed by atoms with E-state index in [0.29, 0.717) is 53.8 Å². The molecule has 2 aromatic heterocycles. The first-order chi connectivity index (χ1) is 31.7. The van der Waals surface area contributed by atoms with Crippen LogP contribution in [0.2, 0.25) is 0 Å². The first kappa shape index (κ1) is 29.2. The standard InChI is InChI=1S/C55H54N2OS/c1-33-23-25-37(49-39(35-15-7-8-16-35)28-30-46-51(49)56-53-57(46)45-20-12-13-21-47(45)58-53)31-41(33)42-32-38(26-24-34(42)2)50-40(36-17-9-10-18-36)27-29-44-52(50)59-48-22-14-11-19-43(48)54(3,4)55(44,5)6/h11-14,19-32,35-36H,7-10,15-18H2,1-6H3/i1D3,2D3,35D,36D. The van der Waals surface area contributed by atoms with Gasteiger partial charge in [0.15, 0.2) is 5.58 Å². The van der Waals surface area contributed by atoms with Crippen molar-refractivity contribution in [3.63, 3.8) is 0 Å². The molecule has 0 atom stereocenters. The van der Waals surface area contributed by atoms with Crippen LogP contribution in [-0.4, -0.2) is 9.38 Å². The molecule has 3 heterocycles. The monoisotopic (exact) mass is 798 g/mol. The van der Waals surface area contributed by atoms with Crippen molar-refractivity contribution < 1.29 is 15.4 Å². The van der Waals surface area contributed by atoms with Crippen molar-refractivity contribution in [3.8, 4) is 33.4 Å². The van der Waals surface area contributed by atoms with E-state index in [1.54, 1.807) is 30.0 Å². The van der Waals surface area contributed by atoms with Gasteiger partial charge < -0.3 is 4.42 Å². The number of oxazole rings is 1. The van der Waals surface area contributed by atoms with E-state index < -0.39 is 25.5 Å². The first-order valence-electron chi connectivity index (χ1n) is 25.3. The highest BCUT2D eigenvalue weighted by Crippen LogP contribution is 2.57. The molecule has 0 amide bonds. The number of imidazole rings is 1. The molecule has 3 aliphatic rings. The van der Waals surface area contributed by atoms with Gasteiger partial charge in [0, 0.05) is 26.3 Å². The van der Waals surface area contributed by atoms with Gasteiger partial charge in [-0.1, -0.05) is 138 Å². The van der Waals surface area contributed by atoms with Gasteiger partial charge in [0.1, 0.15) is 5.52 Å². The fraction of sp³-hybridized carbons (Fsp3) is 0.327. The predicted molar refractivity (Wildman–Crippen MR) is 247 cm³/mol. The van der Waals surface area contributed by atoms with Gasteiger partial charge in [-0.25, -0.2) is 0 Å². The molecular formula is C55H54N2OS. The molecule has 0 N–H and O–H groups in total. The average molecular weight is 799 g/mol. The van der Waals surface area contributed by atoms with Gasteiger partial charge >= 0.3 is 5.84 Å². The Balaban J connectivity index is 1.21. The number of rotatable bonds is 5. The van der Waals surface area contributed by atoms with Gasteiger partial charge in [-0.05, 0) is 160 Å². The smallest absolute Gasteiger partial charge is 0.307 e. The molecule has 8 aromatic rings. The van der Waals surface area contributed by atoms with Gasteiger partial charge in [0.2, 0.25) is 0 Å². The molecule has 2 saturated carbocycles. The number of benzene rings is 6. The van der Waals surface area contributed by atoms with Gasteiger partial charge in [0.25, 0.3) is 0 Å². The maximum Gasteiger partial charge on any atom is 0.307 e. The van der Waals surface area contributed by atoms with E-state index in [4.69, 9.17) is 17.6 Å². The predicted octanol–water partition coefficient (Wildman–Crippen LogP) is 15.9. The maximum absolute atomic E-state index is 10.0. The van der Waals surface area contributed by atoms with E-state index in [0.717, 1.165) is 79.9 Å². The van der Waals surface area contributed by atoms with Crippen molar-refractivity contribution in [1.82, 2.24) is 9.38 Å². The minimum atomic E-state index is -2.61. The lowest BCUT2D eigenvalue weighted by Gasteiger charge is -2.42. The highest BCUT2D eigenvalue weighted by atomic mass is 32.2. The van der Waals surface area contributed by atoms with E-state index in [1.165, 1.54) is 5.56 Å². The van der Waals surface area contributed by atoms with Crippen LogP contribution in [0, 0.1) is 13.7 Å². The van der Waals surface area contributed by atoms with Crippen LogP contribution < -0.4 is 0 Å². The highest BCUT2D eigenvalue weighted by molar-refractivity contribution is 7.99. The summed E-state index contributed by atoms with van der Waals surface area (Å²) in [6.07, 6.45) is 6.47. The molecule has 1 aliphatic heterocycles.